The van der Waals surface area contributed by atoms with E-state index < -0.39 is 38.1 Å². The number of unbranched alkanes of at least 4 members (excludes halogenated alkanes) is 2. The van der Waals surface area contributed by atoms with Gasteiger partial charge in [-0.3, -0.25) is 14.3 Å². The van der Waals surface area contributed by atoms with E-state index in [0.717, 1.165) is 19.3 Å². The number of aromatic nitrogens is 2. The minimum Gasteiger partial charge on any atom is -0.377 e. The van der Waals surface area contributed by atoms with Gasteiger partial charge in [0, 0.05) is 33.7 Å². The molecule has 0 aliphatic carbocycles. The number of ether oxygens (including phenoxy) is 2. The van der Waals surface area contributed by atoms with Crippen LogP contribution in [0.5, 0.6) is 0 Å². The fourth-order valence-corrected chi connectivity index (χ4v) is 4.01. The van der Waals surface area contributed by atoms with E-state index >= 15 is 0 Å². The van der Waals surface area contributed by atoms with Gasteiger partial charge in [-0.2, -0.15) is 5.26 Å². The average molecular weight is 452 g/mol. The summed E-state index contributed by atoms with van der Waals surface area (Å²) in [5.74, 6) is 5.83. The fourth-order valence-electron chi connectivity index (χ4n) is 2.99. The number of H-pyrrole nitrogens is 1. The third-order valence-electron chi connectivity index (χ3n) is 4.58. The molecule has 0 bridgehead atoms. The number of hydrogen-bond donors (Lipinski definition) is 1. The van der Waals surface area contributed by atoms with Crippen molar-refractivity contribution in [3.63, 3.8) is 0 Å². The molecule has 1 aromatic rings. The van der Waals surface area contributed by atoms with Crippen molar-refractivity contribution >= 4 is 8.38 Å². The summed E-state index contributed by atoms with van der Waals surface area (Å²) in [5, 5.41) is 8.60. The van der Waals surface area contributed by atoms with Crippen LogP contribution >= 0.6 is 8.38 Å². The normalized spacial score (nSPS) is 21.7. The predicted molar refractivity (Wildman–Crippen MR) is 116 cm³/mol. The van der Waals surface area contributed by atoms with Gasteiger partial charge in [0.2, 0.25) is 0 Å². The molecule has 2 rings (SSSR count). The first-order valence-electron chi connectivity index (χ1n) is 10.9. The Morgan fingerprint density at radius 2 is 2.23 bits per heavy atom. The van der Waals surface area contributed by atoms with E-state index in [4.69, 9.17) is 25.2 Å². The third-order valence-corrected chi connectivity index (χ3v) is 5.69. The molecular formula is C21H30N3O6P. The van der Waals surface area contributed by atoms with Crippen LogP contribution in [0.25, 0.3) is 0 Å². The highest BCUT2D eigenvalue weighted by Crippen LogP contribution is 2.41. The van der Waals surface area contributed by atoms with E-state index in [2.05, 4.69) is 16.8 Å². The maximum Gasteiger partial charge on any atom is 0.330 e. The van der Waals surface area contributed by atoms with Gasteiger partial charge in [0.05, 0.1) is 43.5 Å². The van der Waals surface area contributed by atoms with Crippen LogP contribution in [0, 0.1) is 23.2 Å². The minimum absolute atomic E-state index is 0.0426. The van der Waals surface area contributed by atoms with Crippen molar-refractivity contribution < 1.29 is 19.9 Å². The second kappa shape index (κ2) is 13.4. The Balaban J connectivity index is 1.98. The lowest BCUT2D eigenvalue weighted by atomic mass is 10.2. The molecular weight excluding hydrogens is 421 g/mol. The van der Waals surface area contributed by atoms with Crippen LogP contribution in [0.2, 0.25) is 0 Å². The topological polar surface area (TPSA) is 116 Å². The third kappa shape index (κ3) is 8.22. The zero-order valence-corrected chi connectivity index (χ0v) is 18.9. The second-order valence-electron chi connectivity index (χ2n) is 6.95. The van der Waals surface area contributed by atoms with Crippen LogP contribution in [-0.2, 0) is 25.1 Å². The van der Waals surface area contributed by atoms with Gasteiger partial charge in [0.25, 0.3) is 5.56 Å². The summed E-state index contributed by atoms with van der Waals surface area (Å²) in [6.07, 6.45) is 2.99. The van der Waals surface area contributed by atoms with Crippen molar-refractivity contribution in [3.8, 4) is 17.9 Å². The molecule has 2 heterocycles. The molecule has 10 heteroatoms. The lowest BCUT2D eigenvalue weighted by Crippen LogP contribution is -2.34. The molecule has 1 saturated heterocycles. The molecule has 0 spiro atoms. The quantitative estimate of drug-likeness (QED) is 0.295. The van der Waals surface area contributed by atoms with E-state index in [-0.39, 0.29) is 26.5 Å². The van der Waals surface area contributed by atoms with E-state index in [0.29, 0.717) is 18.6 Å². The van der Waals surface area contributed by atoms with Crippen molar-refractivity contribution in [3.05, 3.63) is 32.6 Å². The smallest absolute Gasteiger partial charge is 0.330 e. The SMILES string of the molecule is [2H]C[C@H]1O[C@@H](n2cc(COCCCCC#CC)c(=O)[nH]c2=O)C[C@H]1OP(C)OCCC#N. The summed E-state index contributed by atoms with van der Waals surface area (Å²) in [5.41, 5.74) is -0.755. The molecule has 1 aromatic heterocycles. The summed E-state index contributed by atoms with van der Waals surface area (Å²) in [7, 11) is -1.25. The van der Waals surface area contributed by atoms with Crippen LogP contribution in [0.3, 0.4) is 0 Å². The average Bonchev–Trinajstić information content (AvgIpc) is 3.16. The summed E-state index contributed by atoms with van der Waals surface area (Å²) in [6.45, 7) is 4.38. The highest BCUT2D eigenvalue weighted by molar-refractivity contribution is 7.46. The molecule has 0 saturated carbocycles. The summed E-state index contributed by atoms with van der Waals surface area (Å²) in [4.78, 5) is 26.9. The van der Waals surface area contributed by atoms with E-state index in [1.165, 1.54) is 10.8 Å². The molecule has 0 radical (unpaired) electrons. The standard InChI is InChI=1S/C21H30N3O6P/c1-4-5-6-7-8-11-27-15-17-14-24(21(26)23-20(17)25)19-13-18(16(2)29-19)30-31(3)28-12-9-10-22/h14,16,18-19H,6-9,11-13,15H2,1-3H3,(H,23,25,26)/t16-,18-,19-,31?/m1/s1/i2D. The number of nitrogens with zero attached hydrogens (tertiary/aromatic N) is 2. The van der Waals surface area contributed by atoms with Gasteiger partial charge in [-0.15, -0.1) is 11.8 Å². The Morgan fingerprint density at radius 3 is 2.97 bits per heavy atom. The van der Waals surface area contributed by atoms with Crippen LogP contribution < -0.4 is 11.2 Å². The largest absolute Gasteiger partial charge is 0.377 e. The van der Waals surface area contributed by atoms with Crippen molar-refractivity contribution in [2.45, 2.75) is 71.0 Å². The van der Waals surface area contributed by atoms with Crippen molar-refractivity contribution in [2.24, 2.45) is 0 Å². The molecule has 1 aliphatic rings. The predicted octanol–water partition coefficient (Wildman–Crippen LogP) is 2.81. The lowest BCUT2D eigenvalue weighted by Gasteiger charge is -2.19. The first-order valence-corrected chi connectivity index (χ1v) is 11.8. The number of nitrogens with one attached hydrogen (secondary N) is 1. The van der Waals surface area contributed by atoms with Gasteiger partial charge in [-0.05, 0) is 26.7 Å². The number of nitriles is 1. The maximum atomic E-state index is 12.4. The molecule has 1 aliphatic heterocycles. The first-order chi connectivity index (χ1) is 15.5. The molecule has 31 heavy (non-hydrogen) atoms. The molecule has 170 valence electrons. The second-order valence-corrected chi connectivity index (χ2v) is 8.30. The Hall–Kier alpha value is -2.00. The fraction of sp³-hybridized carbons (Fsp3) is 0.667. The van der Waals surface area contributed by atoms with Gasteiger partial charge >= 0.3 is 5.69 Å². The molecule has 1 fully saturated rings. The van der Waals surface area contributed by atoms with Gasteiger partial charge in [0.15, 0.2) is 8.38 Å². The van der Waals surface area contributed by atoms with E-state index in [1.807, 2.05) is 6.07 Å². The molecule has 4 atom stereocenters. The number of aromatic amines is 1. The zero-order valence-electron chi connectivity index (χ0n) is 19.0. The van der Waals surface area contributed by atoms with Crippen LogP contribution in [0.15, 0.2) is 15.8 Å². The van der Waals surface area contributed by atoms with Gasteiger partial charge in [-0.25, -0.2) is 4.79 Å². The van der Waals surface area contributed by atoms with Gasteiger partial charge < -0.3 is 18.5 Å². The van der Waals surface area contributed by atoms with Gasteiger partial charge in [-0.1, -0.05) is 0 Å². The Bertz CT molecular complexity index is 934. The lowest BCUT2D eigenvalue weighted by molar-refractivity contribution is -0.00718. The number of hydrogen-bond acceptors (Lipinski definition) is 7. The maximum absolute atomic E-state index is 12.4. The van der Waals surface area contributed by atoms with Crippen LogP contribution in [-0.4, -0.2) is 41.6 Å². The summed E-state index contributed by atoms with van der Waals surface area (Å²) < 4.78 is 31.9. The van der Waals surface area contributed by atoms with Crippen molar-refractivity contribution in [2.75, 3.05) is 19.9 Å². The Kier molecular flexibility index (Phi) is 10.2. The molecule has 9 nitrogen and oxygen atoms in total. The first kappa shape index (κ1) is 23.7. The molecule has 0 amide bonds. The number of rotatable bonds is 12. The van der Waals surface area contributed by atoms with Crippen molar-refractivity contribution in [1.82, 2.24) is 9.55 Å². The summed E-state index contributed by atoms with van der Waals surface area (Å²) in [6, 6.07) is 2.00. The highest BCUT2D eigenvalue weighted by atomic mass is 31.2. The monoisotopic (exact) mass is 452 g/mol. The molecule has 1 unspecified atom stereocenters. The minimum atomic E-state index is -1.25. The van der Waals surface area contributed by atoms with E-state index in [1.54, 1.807) is 13.6 Å². The molecule has 1 N–H and O–H groups in total. The van der Waals surface area contributed by atoms with Crippen molar-refractivity contribution in [1.29, 1.82) is 5.26 Å². The van der Waals surface area contributed by atoms with Gasteiger partial charge in [0.1, 0.15) is 6.23 Å². The van der Waals surface area contributed by atoms with Crippen LogP contribution in [0.4, 0.5) is 0 Å². The Labute approximate surface area is 185 Å². The highest BCUT2D eigenvalue weighted by Gasteiger charge is 2.36. The molecule has 0 aromatic carbocycles. The summed E-state index contributed by atoms with van der Waals surface area (Å²) >= 11 is 0. The van der Waals surface area contributed by atoms with E-state index in [9.17, 15) is 9.59 Å². The Morgan fingerprint density at radius 1 is 1.39 bits per heavy atom. The van der Waals surface area contributed by atoms with Crippen LogP contribution in [0.1, 0.15) is 59.1 Å². The zero-order chi connectivity index (χ0) is 23.3.